The normalized spacial score (nSPS) is 24.7. The summed E-state index contributed by atoms with van der Waals surface area (Å²) in [6.07, 6.45) is 2.56. The van der Waals surface area contributed by atoms with Crippen molar-refractivity contribution in [3.63, 3.8) is 0 Å². The second-order valence-corrected chi connectivity index (χ2v) is 5.88. The number of aryl methyl sites for hydroxylation is 2. The summed E-state index contributed by atoms with van der Waals surface area (Å²) in [4.78, 5) is 0. The van der Waals surface area contributed by atoms with Crippen LogP contribution in [0, 0.1) is 13.8 Å². The van der Waals surface area contributed by atoms with Gasteiger partial charge in [0.25, 0.3) is 0 Å². The van der Waals surface area contributed by atoms with Crippen molar-refractivity contribution in [3.05, 3.63) is 27.7 Å². The van der Waals surface area contributed by atoms with Gasteiger partial charge in [-0.25, -0.2) is 0 Å². The molecule has 94 valence electrons. The molecule has 2 nitrogen and oxygen atoms in total. The third-order valence-corrected chi connectivity index (χ3v) is 3.79. The second-order valence-electron chi connectivity index (χ2n) is 4.96. The van der Waals surface area contributed by atoms with E-state index in [2.05, 4.69) is 54.2 Å². The van der Waals surface area contributed by atoms with Crippen molar-refractivity contribution in [3.8, 4) is 0 Å². The summed E-state index contributed by atoms with van der Waals surface area (Å²) in [7, 11) is 0. The maximum atomic E-state index is 5.58. The molecule has 3 heteroatoms. The molecule has 0 saturated carbocycles. The van der Waals surface area contributed by atoms with Crippen molar-refractivity contribution in [2.24, 2.45) is 0 Å². The predicted octanol–water partition coefficient (Wildman–Crippen LogP) is 4.05. The molecule has 0 spiro atoms. The molecule has 1 fully saturated rings. The predicted molar refractivity (Wildman–Crippen MR) is 75.7 cm³/mol. The molecule has 0 aliphatic carbocycles. The highest BCUT2D eigenvalue weighted by Crippen LogP contribution is 2.27. The van der Waals surface area contributed by atoms with E-state index >= 15 is 0 Å². The number of nitrogens with one attached hydrogen (secondary N) is 1. The van der Waals surface area contributed by atoms with Crippen LogP contribution in [0.15, 0.2) is 16.6 Å². The molecule has 1 aliphatic heterocycles. The van der Waals surface area contributed by atoms with Gasteiger partial charge in [0.1, 0.15) is 0 Å². The first kappa shape index (κ1) is 12.9. The maximum absolute atomic E-state index is 5.58. The van der Waals surface area contributed by atoms with E-state index in [0.717, 1.165) is 23.9 Å². The summed E-state index contributed by atoms with van der Waals surface area (Å²) < 4.78 is 6.73. The average molecular weight is 298 g/mol. The lowest BCUT2D eigenvalue weighted by atomic mass is 10.0. The Hall–Kier alpha value is -0.540. The molecule has 0 bridgehead atoms. The van der Waals surface area contributed by atoms with E-state index in [1.165, 1.54) is 16.8 Å². The molecular weight excluding hydrogens is 278 g/mol. The van der Waals surface area contributed by atoms with Crippen molar-refractivity contribution < 1.29 is 4.74 Å². The van der Waals surface area contributed by atoms with Crippen LogP contribution in [0.25, 0.3) is 0 Å². The Bertz CT molecular complexity index is 382. The molecule has 1 heterocycles. The topological polar surface area (TPSA) is 21.3 Å². The summed E-state index contributed by atoms with van der Waals surface area (Å²) in [5.41, 5.74) is 3.89. The van der Waals surface area contributed by atoms with E-state index in [-0.39, 0.29) is 0 Å². The number of ether oxygens (including phenoxy) is 1. The Morgan fingerprint density at radius 2 is 1.94 bits per heavy atom. The van der Waals surface area contributed by atoms with E-state index < -0.39 is 0 Å². The summed E-state index contributed by atoms with van der Waals surface area (Å²) in [6.45, 7) is 7.33. The van der Waals surface area contributed by atoms with Gasteiger partial charge in [0.05, 0.1) is 6.10 Å². The van der Waals surface area contributed by atoms with Crippen LogP contribution in [-0.4, -0.2) is 18.8 Å². The molecule has 1 aromatic carbocycles. The Balaban J connectivity index is 2.12. The zero-order valence-corrected chi connectivity index (χ0v) is 12.3. The van der Waals surface area contributed by atoms with E-state index in [1.807, 2.05) is 0 Å². The summed E-state index contributed by atoms with van der Waals surface area (Å²) in [6, 6.07) is 4.87. The minimum Gasteiger partial charge on any atom is -0.382 e. The van der Waals surface area contributed by atoms with Gasteiger partial charge in [-0.15, -0.1) is 0 Å². The van der Waals surface area contributed by atoms with Gasteiger partial charge in [0, 0.05) is 22.8 Å². The highest BCUT2D eigenvalue weighted by Gasteiger charge is 2.20. The monoisotopic (exact) mass is 297 g/mol. The Labute approximate surface area is 112 Å². The lowest BCUT2D eigenvalue weighted by Crippen LogP contribution is -2.32. The van der Waals surface area contributed by atoms with E-state index in [0.29, 0.717) is 12.1 Å². The van der Waals surface area contributed by atoms with Crippen molar-refractivity contribution >= 4 is 21.6 Å². The molecule has 0 aromatic heterocycles. The Kier molecular flexibility index (Phi) is 4.10. The van der Waals surface area contributed by atoms with Gasteiger partial charge in [-0.1, -0.05) is 15.9 Å². The molecule has 2 rings (SSSR count). The van der Waals surface area contributed by atoms with Gasteiger partial charge in [0.15, 0.2) is 0 Å². The number of benzene rings is 1. The number of halogens is 1. The van der Waals surface area contributed by atoms with Gasteiger partial charge in [-0.05, 0) is 56.9 Å². The molecule has 0 amide bonds. The van der Waals surface area contributed by atoms with Crippen LogP contribution in [0.3, 0.4) is 0 Å². The van der Waals surface area contributed by atoms with Crippen molar-refractivity contribution in [2.75, 3.05) is 11.9 Å². The van der Waals surface area contributed by atoms with Gasteiger partial charge in [-0.2, -0.15) is 0 Å². The molecule has 17 heavy (non-hydrogen) atoms. The molecule has 1 aliphatic rings. The smallest absolute Gasteiger partial charge is 0.0566 e. The molecule has 1 N–H and O–H groups in total. The van der Waals surface area contributed by atoms with E-state index in [9.17, 15) is 0 Å². The fourth-order valence-electron chi connectivity index (χ4n) is 2.47. The molecule has 2 atom stereocenters. The lowest BCUT2D eigenvalue weighted by molar-refractivity contribution is 0.0232. The van der Waals surface area contributed by atoms with Gasteiger partial charge in [0.2, 0.25) is 0 Å². The SMILES string of the molecule is Cc1cc(Br)cc(C)c1NC1CCOC(C)C1. The van der Waals surface area contributed by atoms with Crippen LogP contribution in [0.4, 0.5) is 5.69 Å². The lowest BCUT2D eigenvalue weighted by Gasteiger charge is -2.30. The van der Waals surface area contributed by atoms with E-state index in [4.69, 9.17) is 4.74 Å². The summed E-state index contributed by atoms with van der Waals surface area (Å²) in [5, 5.41) is 3.67. The van der Waals surface area contributed by atoms with Crippen LogP contribution < -0.4 is 5.32 Å². The fraction of sp³-hybridized carbons (Fsp3) is 0.571. The quantitative estimate of drug-likeness (QED) is 0.889. The highest BCUT2D eigenvalue weighted by atomic mass is 79.9. The second kappa shape index (κ2) is 5.40. The number of rotatable bonds is 2. The Morgan fingerprint density at radius 1 is 1.29 bits per heavy atom. The van der Waals surface area contributed by atoms with Crippen molar-refractivity contribution in [2.45, 2.75) is 45.8 Å². The van der Waals surface area contributed by atoms with Gasteiger partial charge >= 0.3 is 0 Å². The van der Waals surface area contributed by atoms with Crippen LogP contribution in [-0.2, 0) is 4.74 Å². The minimum absolute atomic E-state index is 0.373. The first-order chi connectivity index (χ1) is 8.06. The zero-order valence-electron chi connectivity index (χ0n) is 10.7. The number of anilines is 1. The third-order valence-electron chi connectivity index (χ3n) is 3.33. The van der Waals surface area contributed by atoms with E-state index in [1.54, 1.807) is 0 Å². The molecule has 2 unspecified atom stereocenters. The van der Waals surface area contributed by atoms with Crippen LogP contribution in [0.2, 0.25) is 0 Å². The van der Waals surface area contributed by atoms with Crippen molar-refractivity contribution in [1.29, 1.82) is 0 Å². The maximum Gasteiger partial charge on any atom is 0.0566 e. The van der Waals surface area contributed by atoms with Crippen molar-refractivity contribution in [1.82, 2.24) is 0 Å². The molecule has 0 radical (unpaired) electrons. The van der Waals surface area contributed by atoms with Crippen LogP contribution in [0.5, 0.6) is 0 Å². The standard InChI is InChI=1S/C14H20BrNO/c1-9-6-12(15)7-10(2)14(9)16-13-4-5-17-11(3)8-13/h6-7,11,13,16H,4-5,8H2,1-3H3. The van der Waals surface area contributed by atoms with Gasteiger partial charge < -0.3 is 10.1 Å². The van der Waals surface area contributed by atoms with Crippen LogP contribution >= 0.6 is 15.9 Å². The summed E-state index contributed by atoms with van der Waals surface area (Å²) >= 11 is 3.53. The fourth-order valence-corrected chi connectivity index (χ4v) is 3.16. The summed E-state index contributed by atoms with van der Waals surface area (Å²) in [5.74, 6) is 0. The molecule has 1 saturated heterocycles. The third kappa shape index (κ3) is 3.23. The highest BCUT2D eigenvalue weighted by molar-refractivity contribution is 9.10. The van der Waals surface area contributed by atoms with Crippen LogP contribution in [0.1, 0.15) is 30.9 Å². The first-order valence-electron chi connectivity index (χ1n) is 6.21. The Morgan fingerprint density at radius 3 is 2.53 bits per heavy atom. The average Bonchev–Trinajstić information content (AvgIpc) is 2.23. The first-order valence-corrected chi connectivity index (χ1v) is 7.00. The number of hydrogen-bond donors (Lipinski definition) is 1. The molecule has 1 aromatic rings. The van der Waals surface area contributed by atoms with Gasteiger partial charge in [-0.3, -0.25) is 0 Å². The minimum atomic E-state index is 0.373. The zero-order chi connectivity index (χ0) is 12.4. The number of hydrogen-bond acceptors (Lipinski definition) is 2. The molecular formula is C14H20BrNO. The largest absolute Gasteiger partial charge is 0.382 e.